The van der Waals surface area contributed by atoms with E-state index in [9.17, 15) is 39.6 Å². The summed E-state index contributed by atoms with van der Waals surface area (Å²) in [6.45, 7) is 7.17. The fraction of sp³-hybridized carbons (Fsp3) is 0.638. The van der Waals surface area contributed by atoms with Gasteiger partial charge in [-0.05, 0) is 157 Å². The van der Waals surface area contributed by atoms with Gasteiger partial charge < -0.3 is 72.7 Å². The maximum Gasteiger partial charge on any atom is 0.339 e. The van der Waals surface area contributed by atoms with Gasteiger partial charge in [-0.2, -0.15) is 0 Å². The minimum absolute atomic E-state index is 0.00448. The Bertz CT molecular complexity index is 2830. The molecule has 2 saturated heterocycles. The van der Waals surface area contributed by atoms with Crippen LogP contribution in [0.1, 0.15) is 132 Å². The number of rotatable bonds is 19. The van der Waals surface area contributed by atoms with Crippen LogP contribution in [0.2, 0.25) is 0 Å². The van der Waals surface area contributed by atoms with Crippen molar-refractivity contribution in [2.24, 2.45) is 5.92 Å². The molecular formula is C58H74N2O19. The molecule has 0 unspecified atom stereocenters. The number of aliphatic hydroxyl groups is 4. The minimum Gasteiger partial charge on any atom is -0.497 e. The number of amides is 1. The predicted octanol–water partition coefficient (Wildman–Crippen LogP) is 4.30. The molecule has 4 N–H and O–H groups in total. The van der Waals surface area contributed by atoms with Crippen LogP contribution < -0.4 is 18.9 Å². The molecule has 79 heavy (non-hydrogen) atoms. The zero-order valence-electron chi connectivity index (χ0n) is 46.3. The molecule has 10 rings (SSSR count). The third-order valence-electron chi connectivity index (χ3n) is 17.9. The van der Waals surface area contributed by atoms with E-state index in [2.05, 4.69) is 4.90 Å². The van der Waals surface area contributed by atoms with Crippen LogP contribution in [0.3, 0.4) is 0 Å². The molecule has 21 heteroatoms. The Hall–Kier alpha value is -6.13. The largest absolute Gasteiger partial charge is 0.497 e. The summed E-state index contributed by atoms with van der Waals surface area (Å²) in [7, 11) is 5.26. The van der Waals surface area contributed by atoms with Crippen LogP contribution in [-0.4, -0.2) is 167 Å². The maximum absolute atomic E-state index is 15.8. The first-order chi connectivity index (χ1) is 37.4. The van der Waals surface area contributed by atoms with E-state index in [0.717, 1.165) is 36.5 Å². The average molecular weight is 1100 g/mol. The molecule has 10 atom stereocenters. The Labute approximate surface area is 458 Å². The maximum atomic E-state index is 15.8. The van der Waals surface area contributed by atoms with E-state index in [-0.39, 0.29) is 76.7 Å². The van der Waals surface area contributed by atoms with Gasteiger partial charge in [-0.1, -0.05) is 0 Å². The molecule has 0 aromatic heterocycles. The lowest BCUT2D eigenvalue weighted by Gasteiger charge is -2.42. The van der Waals surface area contributed by atoms with E-state index in [1.54, 1.807) is 27.7 Å². The number of hydrogen-bond acceptors (Lipinski definition) is 20. The van der Waals surface area contributed by atoms with Gasteiger partial charge in [0.15, 0.2) is 46.4 Å². The molecule has 2 aromatic rings. The molecule has 6 heterocycles. The van der Waals surface area contributed by atoms with Crippen molar-refractivity contribution in [2.75, 3.05) is 55.1 Å². The van der Waals surface area contributed by atoms with Crippen LogP contribution >= 0.6 is 0 Å². The van der Waals surface area contributed by atoms with E-state index in [0.29, 0.717) is 61.0 Å². The van der Waals surface area contributed by atoms with Gasteiger partial charge in [0.25, 0.3) is 0 Å². The van der Waals surface area contributed by atoms with E-state index in [1.165, 1.54) is 14.2 Å². The number of hydrogen-bond donors (Lipinski definition) is 4. The quantitative estimate of drug-likeness (QED) is 0.113. The summed E-state index contributed by atoms with van der Waals surface area (Å²) in [6, 6.07) is 7.17. The van der Waals surface area contributed by atoms with Crippen LogP contribution in [0.15, 0.2) is 47.9 Å². The second-order valence-electron chi connectivity index (χ2n) is 23.9. The average Bonchev–Trinajstić information content (AvgIpc) is 3.27. The third-order valence-corrected chi connectivity index (χ3v) is 17.9. The van der Waals surface area contributed by atoms with Gasteiger partial charge in [-0.25, -0.2) is 9.59 Å². The third kappa shape index (κ3) is 10.0. The Morgan fingerprint density at radius 3 is 1.53 bits per heavy atom. The fourth-order valence-corrected chi connectivity index (χ4v) is 14.1. The van der Waals surface area contributed by atoms with E-state index in [1.807, 2.05) is 41.3 Å². The summed E-state index contributed by atoms with van der Waals surface area (Å²) >= 11 is 0. The summed E-state index contributed by atoms with van der Waals surface area (Å²) < 4.78 is 58.7. The molecule has 6 aliphatic heterocycles. The van der Waals surface area contributed by atoms with Crippen molar-refractivity contribution >= 4 is 29.8 Å². The monoisotopic (exact) mass is 1100 g/mol. The van der Waals surface area contributed by atoms with E-state index < -0.39 is 106 Å². The number of benzene rings is 2. The number of esters is 4. The second kappa shape index (κ2) is 20.8. The molecule has 2 aliphatic carbocycles. The Morgan fingerprint density at radius 1 is 0.633 bits per heavy atom. The summed E-state index contributed by atoms with van der Waals surface area (Å²) in [6.07, 6.45) is 2.53. The lowest BCUT2D eigenvalue weighted by atomic mass is 9.75. The van der Waals surface area contributed by atoms with E-state index >= 15 is 4.79 Å². The van der Waals surface area contributed by atoms with Crippen molar-refractivity contribution in [3.05, 3.63) is 70.2 Å². The van der Waals surface area contributed by atoms with Gasteiger partial charge in [0.05, 0.1) is 81.3 Å². The first kappa shape index (κ1) is 56.2. The van der Waals surface area contributed by atoms with Crippen molar-refractivity contribution in [2.45, 2.75) is 175 Å². The van der Waals surface area contributed by atoms with Gasteiger partial charge in [0.2, 0.25) is 19.5 Å². The zero-order valence-corrected chi connectivity index (χ0v) is 46.3. The van der Waals surface area contributed by atoms with Crippen LogP contribution in [0.4, 0.5) is 0 Å². The van der Waals surface area contributed by atoms with E-state index in [4.69, 9.17) is 47.4 Å². The number of fused-ring (bicyclic) bond motifs is 6. The van der Waals surface area contributed by atoms with Gasteiger partial charge in [-0.15, -0.1) is 0 Å². The Kier molecular flexibility index (Phi) is 14.8. The molecule has 1 amide bonds. The SMILES string of the molecule is COC(=O)C[C@](O)(CCCC(C)(C)O)C(=O)O[C@@H]1C(OC)=C[C@@]23C[C@@H]([C@@H]4CC[C@@]56C=C(OC)[C@@H](OC(=O)[C@@](O)(CCCC(C)(C)O)CC(=O)OC)[C@H]5c5cc7c(cc5CCN46)OCO7)C(=O)N2CCc2cc4c(cc2[C@H]13)OCO4. The number of nitrogens with zero attached hydrogens (tertiary/aromatic N) is 2. The summed E-state index contributed by atoms with van der Waals surface area (Å²) in [5.41, 5.74) is -5.80. The summed E-state index contributed by atoms with van der Waals surface area (Å²) in [5.74, 6) is -3.51. The Morgan fingerprint density at radius 2 is 1.08 bits per heavy atom. The molecular weight excluding hydrogens is 1030 g/mol. The molecule has 0 saturated carbocycles. The van der Waals surface area contributed by atoms with Gasteiger partial charge in [0.1, 0.15) is 11.5 Å². The highest BCUT2D eigenvalue weighted by atomic mass is 16.7. The molecule has 0 radical (unpaired) electrons. The lowest BCUT2D eigenvalue weighted by molar-refractivity contribution is -0.178. The molecule has 2 fully saturated rings. The van der Waals surface area contributed by atoms with Gasteiger partial charge >= 0.3 is 23.9 Å². The first-order valence-electron chi connectivity index (χ1n) is 27.3. The summed E-state index contributed by atoms with van der Waals surface area (Å²) in [4.78, 5) is 75.2. The van der Waals surface area contributed by atoms with Crippen LogP contribution in [0.25, 0.3) is 0 Å². The molecule has 430 valence electrons. The van der Waals surface area contributed by atoms with Gasteiger partial charge in [0, 0.05) is 19.1 Å². The highest BCUT2D eigenvalue weighted by Crippen LogP contribution is 2.62. The minimum atomic E-state index is -2.36. The molecule has 8 aliphatic rings. The predicted molar refractivity (Wildman–Crippen MR) is 276 cm³/mol. The highest BCUT2D eigenvalue weighted by molar-refractivity contribution is 5.88. The number of ether oxygens (including phenoxy) is 10. The lowest BCUT2D eigenvalue weighted by Crippen LogP contribution is -2.53. The van der Waals surface area contributed by atoms with Crippen molar-refractivity contribution in [1.82, 2.24) is 9.80 Å². The standard InChI is InChI=1S/C58H74N2O19/c1-53(2,66)14-9-16-57(68,28-44(61)72-7)51(64)78-48-42(70-5)26-55-18-11-37(59(55)19-12-32-21-38-40(76-30-74-38)23-34(32)46(48)55)36-25-56-27-43(71-6)49(79-52(65)58(69,29-45(62)73-8)17-10-15-54(3,4)67)47(56)35-24-41-39(75-31-77-41)22-33(35)13-20-60(56)50(36)63/h21-24,26-27,36-37,46-49,66-69H,9-20,25,28-31H2,1-8H3/t36-,37-,46+,47+,48+,49+,55+,56+,57+,58+/m0/s1. The number of carbonyl (C=O) groups is 5. The van der Waals surface area contributed by atoms with Crippen LogP contribution in [0.5, 0.6) is 23.0 Å². The fourth-order valence-electron chi connectivity index (χ4n) is 14.1. The van der Waals surface area contributed by atoms with Crippen molar-refractivity contribution < 1.29 is 91.8 Å². The van der Waals surface area contributed by atoms with Crippen LogP contribution in [-0.2, 0) is 65.2 Å². The second-order valence-corrected chi connectivity index (χ2v) is 23.9. The highest BCUT2D eigenvalue weighted by Gasteiger charge is 2.68. The molecule has 2 aromatic carbocycles. The smallest absolute Gasteiger partial charge is 0.339 e. The molecule has 2 spiro atoms. The molecule has 21 nitrogen and oxygen atoms in total. The first-order valence-corrected chi connectivity index (χ1v) is 27.3. The van der Waals surface area contributed by atoms with Crippen molar-refractivity contribution in [3.8, 4) is 23.0 Å². The van der Waals surface area contributed by atoms with Crippen molar-refractivity contribution in [1.29, 1.82) is 0 Å². The van der Waals surface area contributed by atoms with Crippen molar-refractivity contribution in [3.63, 3.8) is 0 Å². The number of methoxy groups -OCH3 is 4. The Balaban J connectivity index is 1.03. The zero-order chi connectivity index (χ0) is 56.6. The topological polar surface area (TPSA) is 265 Å². The summed E-state index contributed by atoms with van der Waals surface area (Å²) in [5, 5.41) is 45.3. The number of carbonyl (C=O) groups excluding carboxylic acids is 5. The molecule has 0 bridgehead atoms. The van der Waals surface area contributed by atoms with Gasteiger partial charge in [-0.3, -0.25) is 19.3 Å². The van der Waals surface area contributed by atoms with Crippen LogP contribution in [0, 0.1) is 5.92 Å². The normalized spacial score (nSPS) is 28.7.